The first-order valence-corrected chi connectivity index (χ1v) is 33.5. The zero-order valence-electron chi connectivity index (χ0n) is 52.9. The van der Waals surface area contributed by atoms with Crippen LogP contribution >= 0.6 is 0 Å². The van der Waals surface area contributed by atoms with Crippen molar-refractivity contribution < 1.29 is 28.6 Å². The Kier molecular flexibility index (Phi) is 64.4. The summed E-state index contributed by atoms with van der Waals surface area (Å²) in [6.07, 6.45) is 99.7. The molecule has 1 atom stereocenters. The van der Waals surface area contributed by atoms with Gasteiger partial charge in [-0.15, -0.1) is 0 Å². The molecule has 0 amide bonds. The molecule has 0 rings (SSSR count). The highest BCUT2D eigenvalue weighted by atomic mass is 16.6. The highest BCUT2D eigenvalue weighted by Gasteiger charge is 2.19. The molecule has 0 radical (unpaired) electrons. The number of hydrogen-bond acceptors (Lipinski definition) is 6. The molecule has 0 saturated carbocycles. The van der Waals surface area contributed by atoms with Gasteiger partial charge in [-0.1, -0.05) is 301 Å². The van der Waals surface area contributed by atoms with Crippen LogP contribution in [0, 0.1) is 0 Å². The molecule has 6 heteroatoms. The molecular formula is C76H122O6. The normalized spacial score (nSPS) is 13.2. The van der Waals surface area contributed by atoms with Crippen LogP contribution in [-0.4, -0.2) is 37.2 Å². The summed E-state index contributed by atoms with van der Waals surface area (Å²) in [5, 5.41) is 0. The van der Waals surface area contributed by atoms with Crippen LogP contribution in [0.5, 0.6) is 0 Å². The van der Waals surface area contributed by atoms with E-state index in [4.69, 9.17) is 14.2 Å². The van der Waals surface area contributed by atoms with Gasteiger partial charge in [-0.2, -0.15) is 0 Å². The van der Waals surface area contributed by atoms with E-state index in [0.29, 0.717) is 12.8 Å². The number of unbranched alkanes of at least 4 members (excludes halogenated alkanes) is 22. The zero-order valence-corrected chi connectivity index (χ0v) is 52.9. The molecular weight excluding hydrogens is 1010 g/mol. The molecule has 0 bridgehead atoms. The van der Waals surface area contributed by atoms with E-state index < -0.39 is 6.10 Å². The fourth-order valence-electron chi connectivity index (χ4n) is 8.85. The van der Waals surface area contributed by atoms with Gasteiger partial charge in [0.2, 0.25) is 0 Å². The molecule has 0 N–H and O–H groups in total. The Morgan fingerprint density at radius 1 is 0.256 bits per heavy atom. The van der Waals surface area contributed by atoms with E-state index >= 15 is 0 Å². The quantitative estimate of drug-likeness (QED) is 0.0261. The van der Waals surface area contributed by atoms with Crippen LogP contribution in [0.2, 0.25) is 0 Å². The van der Waals surface area contributed by atoms with Crippen LogP contribution in [0.15, 0.2) is 158 Å². The Hall–Kier alpha value is -4.97. The van der Waals surface area contributed by atoms with Gasteiger partial charge in [0.05, 0.1) is 0 Å². The van der Waals surface area contributed by atoms with Crippen molar-refractivity contribution in [3.8, 4) is 0 Å². The van der Waals surface area contributed by atoms with Gasteiger partial charge in [-0.05, 0) is 122 Å². The first kappa shape index (κ1) is 77.0. The van der Waals surface area contributed by atoms with Crippen molar-refractivity contribution in [3.63, 3.8) is 0 Å². The van der Waals surface area contributed by atoms with E-state index in [0.717, 1.165) is 141 Å². The number of rotatable bonds is 59. The van der Waals surface area contributed by atoms with Crippen LogP contribution in [0.4, 0.5) is 0 Å². The second-order valence-corrected chi connectivity index (χ2v) is 21.6. The summed E-state index contributed by atoms with van der Waals surface area (Å²) in [6, 6.07) is 0. The Bertz CT molecular complexity index is 1830. The van der Waals surface area contributed by atoms with Crippen LogP contribution in [0.1, 0.15) is 284 Å². The van der Waals surface area contributed by atoms with E-state index in [1.165, 1.54) is 96.3 Å². The van der Waals surface area contributed by atoms with E-state index in [-0.39, 0.29) is 44.0 Å². The summed E-state index contributed by atoms with van der Waals surface area (Å²) in [5.74, 6) is -0.996. The summed E-state index contributed by atoms with van der Waals surface area (Å²) >= 11 is 0. The molecule has 0 aromatic carbocycles. The largest absolute Gasteiger partial charge is 0.462 e. The summed E-state index contributed by atoms with van der Waals surface area (Å²) in [7, 11) is 0. The minimum atomic E-state index is -0.824. The molecule has 1 unspecified atom stereocenters. The van der Waals surface area contributed by atoms with Gasteiger partial charge in [0.1, 0.15) is 13.2 Å². The van der Waals surface area contributed by atoms with Gasteiger partial charge in [0.25, 0.3) is 0 Å². The van der Waals surface area contributed by atoms with Crippen molar-refractivity contribution in [1.82, 2.24) is 0 Å². The molecule has 0 aliphatic rings. The second-order valence-electron chi connectivity index (χ2n) is 21.6. The number of ether oxygens (including phenoxy) is 3. The third kappa shape index (κ3) is 65.8. The molecule has 0 saturated heterocycles. The average Bonchev–Trinajstić information content (AvgIpc) is 3.47. The fourth-order valence-corrected chi connectivity index (χ4v) is 8.85. The number of carbonyl (C=O) groups is 3. The average molecular weight is 1130 g/mol. The van der Waals surface area contributed by atoms with Crippen molar-refractivity contribution in [2.24, 2.45) is 0 Å². The van der Waals surface area contributed by atoms with Crippen LogP contribution in [-0.2, 0) is 28.6 Å². The number of allylic oxidation sites excluding steroid dienone is 26. The smallest absolute Gasteiger partial charge is 0.306 e. The van der Waals surface area contributed by atoms with Gasteiger partial charge in [0, 0.05) is 19.3 Å². The van der Waals surface area contributed by atoms with Gasteiger partial charge >= 0.3 is 17.9 Å². The lowest BCUT2D eigenvalue weighted by Gasteiger charge is -2.18. The third-order valence-corrected chi connectivity index (χ3v) is 13.8. The Morgan fingerprint density at radius 3 is 0.793 bits per heavy atom. The third-order valence-electron chi connectivity index (χ3n) is 13.8. The lowest BCUT2D eigenvalue weighted by atomic mass is 10.0. The van der Waals surface area contributed by atoms with Crippen molar-refractivity contribution in [2.45, 2.75) is 290 Å². The van der Waals surface area contributed by atoms with E-state index in [1.807, 2.05) is 0 Å². The van der Waals surface area contributed by atoms with Gasteiger partial charge in [-0.3, -0.25) is 14.4 Å². The van der Waals surface area contributed by atoms with Crippen molar-refractivity contribution in [2.75, 3.05) is 13.2 Å². The molecule has 0 aromatic rings. The summed E-state index contributed by atoms with van der Waals surface area (Å²) in [4.78, 5) is 38.4. The zero-order chi connectivity index (χ0) is 59.2. The van der Waals surface area contributed by atoms with Crippen LogP contribution < -0.4 is 0 Å². The topological polar surface area (TPSA) is 78.9 Å². The standard InChI is InChI=1S/C76H122O6/c1-4-7-10-13-16-19-22-25-28-31-34-36-38-40-42-45-48-51-54-57-60-63-66-69-75(78)81-72-73(71-80-74(77)68-65-62-59-56-53-50-47-44-33-30-27-24-21-18-15-12-9-6-3)82-76(79)70-67-64-61-58-55-52-49-46-43-41-39-37-35-32-29-26-23-20-17-14-11-8-5-2/h7-8,10-11,16-17,19-20,25-26,28-29,34-37,40-43,48-49,51-52,57,60,73H,4-6,9,12-15,18,21-24,27,30-33,38-39,44-47,50,53-56,58-59,61-72H2,1-3H3/b10-7-,11-8-,19-16-,20-17-,28-25-,29-26-,36-34-,37-35-,42-40-,43-41-,51-48-,52-49-,60-57-. The predicted molar refractivity (Wildman–Crippen MR) is 357 cm³/mol. The van der Waals surface area contributed by atoms with Crippen LogP contribution in [0.3, 0.4) is 0 Å². The highest BCUT2D eigenvalue weighted by molar-refractivity contribution is 5.71. The fraction of sp³-hybridized carbons (Fsp3) is 0.618. The maximum atomic E-state index is 12.9. The minimum Gasteiger partial charge on any atom is -0.462 e. The number of hydrogen-bond donors (Lipinski definition) is 0. The van der Waals surface area contributed by atoms with Gasteiger partial charge < -0.3 is 14.2 Å². The minimum absolute atomic E-state index is 0.111. The summed E-state index contributed by atoms with van der Waals surface area (Å²) in [6.45, 7) is 6.36. The van der Waals surface area contributed by atoms with Crippen molar-refractivity contribution in [3.05, 3.63) is 158 Å². The molecule has 0 aromatic heterocycles. The van der Waals surface area contributed by atoms with Gasteiger partial charge in [0.15, 0.2) is 6.10 Å². The molecule has 82 heavy (non-hydrogen) atoms. The summed E-state index contributed by atoms with van der Waals surface area (Å²) < 4.78 is 16.9. The molecule has 0 fully saturated rings. The van der Waals surface area contributed by atoms with Crippen LogP contribution in [0.25, 0.3) is 0 Å². The molecule has 6 nitrogen and oxygen atoms in total. The van der Waals surface area contributed by atoms with Crippen molar-refractivity contribution >= 4 is 17.9 Å². The number of carbonyl (C=O) groups excluding carboxylic acids is 3. The lowest BCUT2D eigenvalue weighted by Crippen LogP contribution is -2.30. The summed E-state index contributed by atoms with van der Waals surface area (Å²) in [5.41, 5.74) is 0. The molecule has 0 spiro atoms. The SMILES string of the molecule is CC/C=C\C/C=C\C/C=C\C/C=C\C/C=C\C/C=C\C/C=C\CCCC(=O)OCC(COC(=O)CCCCCCCCCCCCCCCCCCCC)OC(=O)CCCCCC/C=C\C/C=C\C/C=C\C/C=C\C/C=C\C/C=C\CC. The monoisotopic (exact) mass is 1130 g/mol. The van der Waals surface area contributed by atoms with E-state index in [1.54, 1.807) is 0 Å². The Balaban J connectivity index is 4.56. The molecule has 0 heterocycles. The number of esters is 3. The second kappa shape index (κ2) is 68.5. The van der Waals surface area contributed by atoms with E-state index in [2.05, 4.69) is 179 Å². The first-order chi connectivity index (χ1) is 40.5. The first-order valence-electron chi connectivity index (χ1n) is 33.5. The maximum Gasteiger partial charge on any atom is 0.306 e. The highest BCUT2D eigenvalue weighted by Crippen LogP contribution is 2.16. The Labute approximate surface area is 505 Å². The lowest BCUT2D eigenvalue weighted by molar-refractivity contribution is -0.167. The maximum absolute atomic E-state index is 12.9. The molecule has 0 aliphatic carbocycles. The Morgan fingerprint density at radius 2 is 0.488 bits per heavy atom. The van der Waals surface area contributed by atoms with Gasteiger partial charge in [-0.25, -0.2) is 0 Å². The molecule has 462 valence electrons. The van der Waals surface area contributed by atoms with Crippen molar-refractivity contribution in [1.29, 1.82) is 0 Å². The van der Waals surface area contributed by atoms with E-state index in [9.17, 15) is 14.4 Å². The molecule has 0 aliphatic heterocycles. The predicted octanol–water partition coefficient (Wildman–Crippen LogP) is 23.3.